The Labute approximate surface area is 164 Å². The molecule has 8 heteroatoms. The maximum Gasteiger partial charge on any atom is 0.254 e. The lowest BCUT2D eigenvalue weighted by Gasteiger charge is -2.35. The number of nitrogens with one attached hydrogen (secondary N) is 1. The van der Waals surface area contributed by atoms with Crippen LogP contribution >= 0.6 is 27.7 Å². The number of nitrogens with zero attached hydrogens (tertiary/aromatic N) is 3. The lowest BCUT2D eigenvalue weighted by molar-refractivity contribution is -0.113. The number of hydrogen-bond donors (Lipinski definition) is 1. The fourth-order valence-corrected chi connectivity index (χ4v) is 4.12. The van der Waals surface area contributed by atoms with Crippen LogP contribution in [0.5, 0.6) is 0 Å². The molecule has 0 atom stereocenters. The molecule has 0 spiro atoms. The second-order valence-electron chi connectivity index (χ2n) is 6.16. The van der Waals surface area contributed by atoms with E-state index in [0.717, 1.165) is 34.0 Å². The Morgan fingerprint density at radius 1 is 1.15 bits per heavy atom. The summed E-state index contributed by atoms with van der Waals surface area (Å²) in [6.45, 7) is 2.79. The molecule has 6 nitrogen and oxygen atoms in total. The molecule has 2 aliphatic heterocycles. The largest absolute Gasteiger partial charge is 0.353 e. The monoisotopic (exact) mass is 432 g/mol. The van der Waals surface area contributed by atoms with Gasteiger partial charge in [0.25, 0.3) is 5.91 Å². The Morgan fingerprint density at radius 3 is 2.69 bits per heavy atom. The molecule has 0 saturated carbocycles. The summed E-state index contributed by atoms with van der Waals surface area (Å²) in [5, 5.41) is 2.84. The fourth-order valence-electron chi connectivity index (χ4n) is 3.09. The second kappa shape index (κ2) is 7.28. The van der Waals surface area contributed by atoms with Crippen LogP contribution < -0.4 is 10.2 Å². The average molecular weight is 433 g/mol. The number of thioether (sulfide) groups is 1. The summed E-state index contributed by atoms with van der Waals surface area (Å²) in [5.74, 6) is 1.32. The zero-order valence-corrected chi connectivity index (χ0v) is 16.3. The van der Waals surface area contributed by atoms with Crippen molar-refractivity contribution < 1.29 is 9.59 Å². The van der Waals surface area contributed by atoms with Gasteiger partial charge < -0.3 is 15.1 Å². The number of hydrogen-bond acceptors (Lipinski definition) is 5. The van der Waals surface area contributed by atoms with E-state index in [1.807, 2.05) is 29.2 Å². The number of carbonyl (C=O) groups is 2. The third kappa shape index (κ3) is 3.57. The van der Waals surface area contributed by atoms with E-state index in [-0.39, 0.29) is 11.8 Å². The van der Waals surface area contributed by atoms with Gasteiger partial charge in [-0.3, -0.25) is 9.59 Å². The van der Waals surface area contributed by atoms with Crippen molar-refractivity contribution in [3.63, 3.8) is 0 Å². The maximum absolute atomic E-state index is 12.8. The van der Waals surface area contributed by atoms with Crippen LogP contribution in [0.25, 0.3) is 0 Å². The van der Waals surface area contributed by atoms with Crippen LogP contribution in [0.4, 0.5) is 11.5 Å². The van der Waals surface area contributed by atoms with E-state index >= 15 is 0 Å². The van der Waals surface area contributed by atoms with Gasteiger partial charge in [-0.1, -0.05) is 0 Å². The minimum atomic E-state index is -0.0253. The highest BCUT2D eigenvalue weighted by atomic mass is 79.9. The van der Waals surface area contributed by atoms with Crippen molar-refractivity contribution in [2.75, 3.05) is 42.1 Å². The maximum atomic E-state index is 12.8. The van der Waals surface area contributed by atoms with Gasteiger partial charge in [-0.2, -0.15) is 0 Å². The normalized spacial score (nSPS) is 16.9. The Hall–Kier alpha value is -2.06. The van der Waals surface area contributed by atoms with Gasteiger partial charge in [0.1, 0.15) is 5.82 Å². The average Bonchev–Trinajstić information content (AvgIpc) is 2.67. The molecule has 2 aliphatic rings. The molecule has 4 rings (SSSR count). The van der Waals surface area contributed by atoms with E-state index in [4.69, 9.17) is 0 Å². The van der Waals surface area contributed by atoms with Crippen LogP contribution in [-0.2, 0) is 4.79 Å². The molecule has 26 heavy (non-hydrogen) atoms. The predicted molar refractivity (Wildman–Crippen MR) is 106 cm³/mol. The van der Waals surface area contributed by atoms with Crippen molar-refractivity contribution in [1.29, 1.82) is 0 Å². The Balaban J connectivity index is 1.43. The summed E-state index contributed by atoms with van der Waals surface area (Å²) >= 11 is 4.89. The van der Waals surface area contributed by atoms with E-state index in [9.17, 15) is 9.59 Å². The smallest absolute Gasteiger partial charge is 0.254 e. The number of carbonyl (C=O) groups excluding carboxylic acids is 2. The van der Waals surface area contributed by atoms with E-state index in [1.54, 1.807) is 12.3 Å². The highest BCUT2D eigenvalue weighted by Crippen LogP contribution is 2.32. The summed E-state index contributed by atoms with van der Waals surface area (Å²) < 4.78 is 0.952. The van der Waals surface area contributed by atoms with Crippen LogP contribution in [0.3, 0.4) is 0 Å². The number of pyridine rings is 1. The summed E-state index contributed by atoms with van der Waals surface area (Å²) in [6.07, 6.45) is 1.78. The molecule has 0 bridgehead atoms. The van der Waals surface area contributed by atoms with E-state index in [2.05, 4.69) is 31.1 Å². The number of anilines is 2. The van der Waals surface area contributed by atoms with Gasteiger partial charge in [-0.05, 0) is 46.3 Å². The van der Waals surface area contributed by atoms with Crippen molar-refractivity contribution in [3.05, 3.63) is 46.6 Å². The molecular weight excluding hydrogens is 416 g/mol. The Kier molecular flexibility index (Phi) is 4.86. The third-order valence-corrected chi connectivity index (χ3v) is 6.00. The summed E-state index contributed by atoms with van der Waals surface area (Å²) in [7, 11) is 0. The SMILES string of the molecule is O=C1CSc2ccc(C(=O)N3CCN(c4ccc(Br)cn4)CC3)cc2N1. The minimum Gasteiger partial charge on any atom is -0.353 e. The predicted octanol–water partition coefficient (Wildman–Crippen LogP) is 2.85. The fraction of sp³-hybridized carbons (Fsp3) is 0.278. The van der Waals surface area contributed by atoms with E-state index in [0.29, 0.717) is 24.4 Å². The van der Waals surface area contributed by atoms with Gasteiger partial charge in [-0.25, -0.2) is 4.98 Å². The van der Waals surface area contributed by atoms with Gasteiger partial charge in [0.2, 0.25) is 5.91 Å². The van der Waals surface area contributed by atoms with Gasteiger partial charge >= 0.3 is 0 Å². The third-order valence-electron chi connectivity index (χ3n) is 4.46. The standard InChI is InChI=1S/C18H17BrN4O2S/c19-13-2-4-16(20-10-13)22-5-7-23(8-6-22)18(25)12-1-3-15-14(9-12)21-17(24)11-26-15/h1-4,9-10H,5-8,11H2,(H,21,24). The van der Waals surface area contributed by atoms with Crippen molar-refractivity contribution >= 4 is 51.0 Å². The first-order valence-electron chi connectivity index (χ1n) is 8.32. The molecule has 1 fully saturated rings. The Morgan fingerprint density at radius 2 is 1.96 bits per heavy atom. The van der Waals surface area contributed by atoms with Crippen molar-refractivity contribution in [3.8, 4) is 0 Å². The molecule has 0 radical (unpaired) electrons. The van der Waals surface area contributed by atoms with Crippen molar-refractivity contribution in [1.82, 2.24) is 9.88 Å². The number of amides is 2. The molecule has 1 saturated heterocycles. The summed E-state index contributed by atoms with van der Waals surface area (Å²) in [5.41, 5.74) is 1.34. The molecule has 1 N–H and O–H groups in total. The van der Waals surface area contributed by atoms with Gasteiger partial charge in [0, 0.05) is 47.3 Å². The number of fused-ring (bicyclic) bond motifs is 1. The first-order chi connectivity index (χ1) is 12.6. The second-order valence-corrected chi connectivity index (χ2v) is 8.09. The number of halogens is 1. The van der Waals surface area contributed by atoms with E-state index < -0.39 is 0 Å². The molecule has 3 heterocycles. The van der Waals surface area contributed by atoms with E-state index in [1.165, 1.54) is 11.8 Å². The molecule has 0 aliphatic carbocycles. The molecular formula is C18H17BrN4O2S. The number of aromatic nitrogens is 1. The molecule has 134 valence electrons. The number of rotatable bonds is 2. The van der Waals surface area contributed by atoms with Gasteiger partial charge in [-0.15, -0.1) is 11.8 Å². The van der Waals surface area contributed by atoms with Gasteiger partial charge in [0.05, 0.1) is 11.4 Å². The highest BCUT2D eigenvalue weighted by molar-refractivity contribution is 9.10. The number of piperazine rings is 1. The van der Waals surface area contributed by atoms with Crippen LogP contribution in [0.1, 0.15) is 10.4 Å². The Bertz CT molecular complexity index is 851. The molecule has 2 amide bonds. The zero-order chi connectivity index (χ0) is 18.1. The molecule has 2 aromatic rings. The first-order valence-corrected chi connectivity index (χ1v) is 10.1. The van der Waals surface area contributed by atoms with Crippen LogP contribution in [0.2, 0.25) is 0 Å². The zero-order valence-electron chi connectivity index (χ0n) is 13.9. The van der Waals surface area contributed by atoms with Crippen molar-refractivity contribution in [2.45, 2.75) is 4.90 Å². The molecule has 0 unspecified atom stereocenters. The summed E-state index contributed by atoms with van der Waals surface area (Å²) in [6, 6.07) is 9.48. The van der Waals surface area contributed by atoms with Gasteiger partial charge in [0.15, 0.2) is 0 Å². The van der Waals surface area contributed by atoms with Crippen LogP contribution in [0.15, 0.2) is 45.9 Å². The lowest BCUT2D eigenvalue weighted by atomic mass is 10.1. The molecule has 1 aromatic heterocycles. The van der Waals surface area contributed by atoms with Crippen molar-refractivity contribution in [2.24, 2.45) is 0 Å². The van der Waals surface area contributed by atoms with Crippen LogP contribution in [-0.4, -0.2) is 53.6 Å². The topological polar surface area (TPSA) is 65.5 Å². The minimum absolute atomic E-state index is 0.000961. The quantitative estimate of drug-likeness (QED) is 0.789. The highest BCUT2D eigenvalue weighted by Gasteiger charge is 2.24. The lowest BCUT2D eigenvalue weighted by Crippen LogP contribution is -2.49. The summed E-state index contributed by atoms with van der Waals surface area (Å²) in [4.78, 5) is 33.8. The first kappa shape index (κ1) is 17.4. The van der Waals surface area contributed by atoms with Crippen LogP contribution in [0, 0.1) is 0 Å². The molecule has 1 aromatic carbocycles. The number of benzene rings is 1.